The Labute approximate surface area is 106 Å². The molecule has 0 aromatic carbocycles. The van der Waals surface area contributed by atoms with Crippen molar-refractivity contribution in [3.63, 3.8) is 0 Å². The topological polar surface area (TPSA) is 63.4 Å². The highest BCUT2D eigenvalue weighted by Gasteiger charge is 2.26. The highest BCUT2D eigenvalue weighted by Crippen LogP contribution is 2.23. The molecule has 17 heavy (non-hydrogen) atoms. The smallest absolute Gasteiger partial charge is 0.214 e. The van der Waals surface area contributed by atoms with E-state index in [4.69, 9.17) is 5.73 Å². The number of hydrogen-bond acceptors (Lipinski definition) is 3. The van der Waals surface area contributed by atoms with Gasteiger partial charge in [0.25, 0.3) is 0 Å². The van der Waals surface area contributed by atoms with Crippen LogP contribution in [0.4, 0.5) is 0 Å². The molecule has 0 unspecified atom stereocenters. The Kier molecular flexibility index (Phi) is 6.44. The molecule has 1 aliphatic heterocycles. The molecule has 0 spiro atoms. The molecule has 5 heteroatoms. The molecule has 1 fully saturated rings. The second kappa shape index (κ2) is 7.34. The van der Waals surface area contributed by atoms with Crippen LogP contribution in [0.3, 0.4) is 0 Å². The van der Waals surface area contributed by atoms with Crippen molar-refractivity contribution in [2.45, 2.75) is 45.4 Å². The Bertz CT molecular complexity index is 296. The van der Waals surface area contributed by atoms with Crippen LogP contribution in [0.25, 0.3) is 0 Å². The average Bonchev–Trinajstić information content (AvgIpc) is 2.30. The average molecular weight is 262 g/mol. The van der Waals surface area contributed by atoms with Gasteiger partial charge in [0, 0.05) is 13.1 Å². The summed E-state index contributed by atoms with van der Waals surface area (Å²) in [4.78, 5) is 0. The van der Waals surface area contributed by atoms with Crippen LogP contribution in [0, 0.1) is 5.92 Å². The minimum Gasteiger partial charge on any atom is -0.330 e. The molecule has 0 radical (unpaired) electrons. The summed E-state index contributed by atoms with van der Waals surface area (Å²) in [6, 6.07) is 0. The van der Waals surface area contributed by atoms with Gasteiger partial charge in [-0.05, 0) is 38.1 Å². The van der Waals surface area contributed by atoms with Gasteiger partial charge in [-0.3, -0.25) is 0 Å². The van der Waals surface area contributed by atoms with E-state index in [1.54, 1.807) is 4.31 Å². The molecule has 102 valence electrons. The third-order valence-electron chi connectivity index (χ3n) is 3.52. The Hall–Kier alpha value is -0.130. The van der Waals surface area contributed by atoms with Gasteiger partial charge in [0.05, 0.1) is 5.75 Å². The molecule has 0 aromatic rings. The Balaban J connectivity index is 2.36. The molecule has 0 bridgehead atoms. The number of unbranched alkanes of at least 4 members (excludes halogenated alkanes) is 1. The second-order valence-electron chi connectivity index (χ2n) is 4.94. The fraction of sp³-hybridized carbons (Fsp3) is 1.00. The number of sulfonamides is 1. The van der Waals surface area contributed by atoms with Crippen LogP contribution in [-0.4, -0.2) is 38.1 Å². The molecular weight excluding hydrogens is 236 g/mol. The lowest BCUT2D eigenvalue weighted by Gasteiger charge is -2.31. The zero-order chi connectivity index (χ0) is 12.7. The Morgan fingerprint density at radius 2 is 1.88 bits per heavy atom. The molecule has 1 rings (SSSR count). The van der Waals surface area contributed by atoms with E-state index in [1.165, 1.54) is 12.8 Å². The first-order valence-corrected chi connectivity index (χ1v) is 8.39. The van der Waals surface area contributed by atoms with Crippen LogP contribution in [0.1, 0.15) is 45.4 Å². The van der Waals surface area contributed by atoms with Crippen molar-refractivity contribution in [2.24, 2.45) is 11.7 Å². The number of piperidine rings is 1. The fourth-order valence-electron chi connectivity index (χ4n) is 2.44. The van der Waals surface area contributed by atoms with Gasteiger partial charge in [0.1, 0.15) is 0 Å². The van der Waals surface area contributed by atoms with E-state index >= 15 is 0 Å². The van der Waals surface area contributed by atoms with Crippen LogP contribution in [0.2, 0.25) is 0 Å². The summed E-state index contributed by atoms with van der Waals surface area (Å²) in [7, 11) is -3.02. The highest BCUT2D eigenvalue weighted by molar-refractivity contribution is 7.89. The summed E-state index contributed by atoms with van der Waals surface area (Å²) in [5.74, 6) is 0.998. The summed E-state index contributed by atoms with van der Waals surface area (Å²) in [6.07, 6.45) is 5.99. The minimum absolute atomic E-state index is 0.267. The molecule has 1 aliphatic rings. The van der Waals surface area contributed by atoms with E-state index in [0.717, 1.165) is 38.3 Å². The van der Waals surface area contributed by atoms with Crippen LogP contribution < -0.4 is 5.73 Å². The first-order valence-electron chi connectivity index (χ1n) is 6.78. The monoisotopic (exact) mass is 262 g/mol. The molecule has 0 aromatic heterocycles. The van der Waals surface area contributed by atoms with Gasteiger partial charge in [-0.1, -0.05) is 19.8 Å². The van der Waals surface area contributed by atoms with E-state index in [2.05, 4.69) is 6.92 Å². The Morgan fingerprint density at radius 1 is 1.24 bits per heavy atom. The SMILES string of the molecule is CCCC1CCN(S(=O)(=O)CCCCN)CC1. The highest BCUT2D eigenvalue weighted by atomic mass is 32.2. The van der Waals surface area contributed by atoms with Crippen molar-refractivity contribution < 1.29 is 8.42 Å². The van der Waals surface area contributed by atoms with Gasteiger partial charge in [0.15, 0.2) is 0 Å². The van der Waals surface area contributed by atoms with Crippen molar-refractivity contribution in [1.82, 2.24) is 4.31 Å². The van der Waals surface area contributed by atoms with Gasteiger partial charge in [0.2, 0.25) is 10.0 Å². The van der Waals surface area contributed by atoms with Crippen LogP contribution in [0.15, 0.2) is 0 Å². The standard InChI is InChI=1S/C12H26N2O2S/c1-2-5-12-6-9-14(10-7-12)17(15,16)11-4-3-8-13/h12H,2-11,13H2,1H3. The minimum atomic E-state index is -3.02. The fourth-order valence-corrected chi connectivity index (χ4v) is 4.04. The van der Waals surface area contributed by atoms with Crippen molar-refractivity contribution in [3.8, 4) is 0 Å². The van der Waals surface area contributed by atoms with Crippen molar-refractivity contribution in [1.29, 1.82) is 0 Å². The van der Waals surface area contributed by atoms with Crippen molar-refractivity contribution >= 4 is 10.0 Å². The number of hydrogen-bond donors (Lipinski definition) is 1. The largest absolute Gasteiger partial charge is 0.330 e. The van der Waals surface area contributed by atoms with E-state index < -0.39 is 10.0 Å². The molecule has 0 aliphatic carbocycles. The van der Waals surface area contributed by atoms with Crippen LogP contribution in [0.5, 0.6) is 0 Å². The summed E-state index contributed by atoms with van der Waals surface area (Å²) in [5, 5.41) is 0. The first-order chi connectivity index (χ1) is 8.10. The summed E-state index contributed by atoms with van der Waals surface area (Å²) >= 11 is 0. The molecule has 4 nitrogen and oxygen atoms in total. The van der Waals surface area contributed by atoms with Gasteiger partial charge in [-0.25, -0.2) is 12.7 Å². The van der Waals surface area contributed by atoms with E-state index in [9.17, 15) is 8.42 Å². The molecule has 1 saturated heterocycles. The maximum absolute atomic E-state index is 12.0. The molecule has 1 heterocycles. The van der Waals surface area contributed by atoms with Crippen molar-refractivity contribution in [3.05, 3.63) is 0 Å². The molecular formula is C12H26N2O2S. The van der Waals surface area contributed by atoms with Gasteiger partial charge < -0.3 is 5.73 Å². The lowest BCUT2D eigenvalue weighted by molar-refractivity contribution is 0.262. The number of nitrogens with two attached hydrogens (primary N) is 1. The Morgan fingerprint density at radius 3 is 2.41 bits per heavy atom. The summed E-state index contributed by atoms with van der Waals surface area (Å²) in [6.45, 7) is 4.20. The van der Waals surface area contributed by atoms with Gasteiger partial charge in [-0.15, -0.1) is 0 Å². The molecule has 2 N–H and O–H groups in total. The van der Waals surface area contributed by atoms with Gasteiger partial charge >= 0.3 is 0 Å². The lowest BCUT2D eigenvalue weighted by Crippen LogP contribution is -2.39. The van der Waals surface area contributed by atoms with E-state index in [0.29, 0.717) is 13.0 Å². The molecule has 0 saturated carbocycles. The lowest BCUT2D eigenvalue weighted by atomic mass is 9.94. The zero-order valence-electron chi connectivity index (χ0n) is 10.9. The van der Waals surface area contributed by atoms with Crippen LogP contribution >= 0.6 is 0 Å². The molecule has 0 amide bonds. The predicted octanol–water partition coefficient (Wildman–Crippen LogP) is 1.57. The van der Waals surface area contributed by atoms with E-state index in [-0.39, 0.29) is 5.75 Å². The van der Waals surface area contributed by atoms with Crippen molar-refractivity contribution in [2.75, 3.05) is 25.4 Å². The second-order valence-corrected chi connectivity index (χ2v) is 7.03. The maximum Gasteiger partial charge on any atom is 0.214 e. The molecule has 0 atom stereocenters. The first kappa shape index (κ1) is 14.9. The quantitative estimate of drug-likeness (QED) is 0.708. The maximum atomic E-state index is 12.0. The predicted molar refractivity (Wildman–Crippen MR) is 71.3 cm³/mol. The number of rotatable bonds is 7. The van der Waals surface area contributed by atoms with E-state index in [1.807, 2.05) is 0 Å². The third-order valence-corrected chi connectivity index (χ3v) is 5.48. The number of nitrogens with zero attached hydrogens (tertiary/aromatic N) is 1. The summed E-state index contributed by atoms with van der Waals surface area (Å²) < 4.78 is 25.7. The van der Waals surface area contributed by atoms with Crippen LogP contribution in [-0.2, 0) is 10.0 Å². The van der Waals surface area contributed by atoms with Gasteiger partial charge in [-0.2, -0.15) is 0 Å². The third kappa shape index (κ3) is 4.94. The normalized spacial score (nSPS) is 19.6. The summed E-state index contributed by atoms with van der Waals surface area (Å²) in [5.41, 5.74) is 5.38. The zero-order valence-corrected chi connectivity index (χ0v) is 11.7.